The predicted molar refractivity (Wildman–Crippen MR) is 81.8 cm³/mol. The highest BCUT2D eigenvalue weighted by atomic mass is 16.5. The van der Waals surface area contributed by atoms with Crippen LogP contribution >= 0.6 is 0 Å². The summed E-state index contributed by atoms with van der Waals surface area (Å²) in [6, 6.07) is 13.5. The van der Waals surface area contributed by atoms with Gasteiger partial charge < -0.3 is 10.1 Å². The van der Waals surface area contributed by atoms with Crippen molar-refractivity contribution in [2.24, 2.45) is 0 Å². The van der Waals surface area contributed by atoms with Crippen molar-refractivity contribution in [1.29, 1.82) is 0 Å². The van der Waals surface area contributed by atoms with Crippen LogP contribution in [0.25, 0.3) is 0 Å². The van der Waals surface area contributed by atoms with Gasteiger partial charge in [0.05, 0.1) is 7.11 Å². The fraction of sp³-hybridized carbons (Fsp3) is 0.235. The zero-order chi connectivity index (χ0) is 14.5. The van der Waals surface area contributed by atoms with Crippen molar-refractivity contribution in [2.75, 3.05) is 19.5 Å². The lowest BCUT2D eigenvalue weighted by atomic mass is 10.00. The molecule has 0 bridgehead atoms. The van der Waals surface area contributed by atoms with Gasteiger partial charge in [-0.15, -0.1) is 0 Å². The molecule has 0 fully saturated rings. The average molecular weight is 269 g/mol. The summed E-state index contributed by atoms with van der Waals surface area (Å²) >= 11 is 0. The molecule has 0 unspecified atom stereocenters. The maximum absolute atomic E-state index is 12.4. The van der Waals surface area contributed by atoms with Crippen molar-refractivity contribution in [3.63, 3.8) is 0 Å². The number of carbonyl (C=O) groups is 1. The molecule has 0 aromatic heterocycles. The van der Waals surface area contributed by atoms with Crippen molar-refractivity contribution in [3.05, 3.63) is 59.2 Å². The Balaban J connectivity index is 2.20. The molecule has 0 atom stereocenters. The summed E-state index contributed by atoms with van der Waals surface area (Å²) < 4.78 is 5.12. The van der Waals surface area contributed by atoms with Crippen LogP contribution in [0.4, 0.5) is 5.69 Å². The maximum Gasteiger partial charge on any atom is 0.169 e. The molecular weight excluding hydrogens is 250 g/mol. The van der Waals surface area contributed by atoms with Crippen LogP contribution in [0, 0.1) is 6.92 Å². The third-order valence-corrected chi connectivity index (χ3v) is 3.27. The van der Waals surface area contributed by atoms with Crippen LogP contribution < -0.4 is 10.1 Å². The lowest BCUT2D eigenvalue weighted by Crippen LogP contribution is -2.07. The van der Waals surface area contributed by atoms with E-state index in [-0.39, 0.29) is 5.78 Å². The number of nitrogens with one attached hydrogen (secondary N) is 1. The van der Waals surface area contributed by atoms with Crippen molar-refractivity contribution < 1.29 is 9.53 Å². The number of ketones is 1. The number of Topliss-reactive ketones (excluding diaryl/α,β-unsaturated/α-hetero) is 1. The van der Waals surface area contributed by atoms with Crippen LogP contribution in [-0.2, 0) is 6.42 Å². The Morgan fingerprint density at radius 1 is 1.15 bits per heavy atom. The highest BCUT2D eigenvalue weighted by Gasteiger charge is 2.12. The number of carbonyl (C=O) groups excluding carboxylic acids is 1. The van der Waals surface area contributed by atoms with E-state index in [1.807, 2.05) is 56.4 Å². The Bertz CT molecular complexity index is 603. The van der Waals surface area contributed by atoms with Crippen LogP contribution in [0.1, 0.15) is 21.5 Å². The van der Waals surface area contributed by atoms with E-state index in [1.54, 1.807) is 7.11 Å². The highest BCUT2D eigenvalue weighted by Crippen LogP contribution is 2.20. The van der Waals surface area contributed by atoms with E-state index < -0.39 is 0 Å². The molecular formula is C17H19NO2. The number of aryl methyl sites for hydroxylation is 1. The second-order valence-electron chi connectivity index (χ2n) is 4.75. The van der Waals surface area contributed by atoms with Crippen LogP contribution in [0.3, 0.4) is 0 Å². The minimum absolute atomic E-state index is 0.114. The summed E-state index contributed by atoms with van der Waals surface area (Å²) in [5.74, 6) is 0.913. The second-order valence-corrected chi connectivity index (χ2v) is 4.75. The molecule has 0 radical (unpaired) electrons. The Morgan fingerprint density at radius 2 is 1.85 bits per heavy atom. The summed E-state index contributed by atoms with van der Waals surface area (Å²) in [5, 5.41) is 3.07. The van der Waals surface area contributed by atoms with E-state index in [2.05, 4.69) is 5.32 Å². The molecule has 104 valence electrons. The second kappa shape index (κ2) is 6.24. The number of benzene rings is 2. The van der Waals surface area contributed by atoms with Crippen molar-refractivity contribution in [1.82, 2.24) is 0 Å². The van der Waals surface area contributed by atoms with Gasteiger partial charge in [0.2, 0.25) is 0 Å². The number of ether oxygens (including phenoxy) is 1. The van der Waals surface area contributed by atoms with E-state index in [0.717, 1.165) is 28.1 Å². The topological polar surface area (TPSA) is 38.3 Å². The molecule has 0 heterocycles. The van der Waals surface area contributed by atoms with Crippen LogP contribution in [-0.4, -0.2) is 19.9 Å². The van der Waals surface area contributed by atoms with Gasteiger partial charge in [0.15, 0.2) is 5.78 Å². The number of anilines is 1. The first-order valence-electron chi connectivity index (χ1n) is 6.58. The van der Waals surface area contributed by atoms with E-state index in [1.165, 1.54) is 0 Å². The van der Waals surface area contributed by atoms with Gasteiger partial charge in [-0.1, -0.05) is 23.8 Å². The maximum atomic E-state index is 12.4. The third kappa shape index (κ3) is 3.18. The van der Waals surface area contributed by atoms with E-state index >= 15 is 0 Å². The first-order valence-corrected chi connectivity index (χ1v) is 6.58. The summed E-state index contributed by atoms with van der Waals surface area (Å²) in [5.41, 5.74) is 3.68. The van der Waals surface area contributed by atoms with Crippen molar-refractivity contribution >= 4 is 11.5 Å². The first-order chi connectivity index (χ1) is 9.63. The normalized spacial score (nSPS) is 10.2. The summed E-state index contributed by atoms with van der Waals surface area (Å²) in [6.45, 7) is 1.99. The summed E-state index contributed by atoms with van der Waals surface area (Å²) in [6.07, 6.45) is 0.391. The minimum Gasteiger partial charge on any atom is -0.497 e. The summed E-state index contributed by atoms with van der Waals surface area (Å²) in [4.78, 5) is 12.4. The van der Waals surface area contributed by atoms with Gasteiger partial charge in [-0.05, 0) is 36.8 Å². The van der Waals surface area contributed by atoms with Crippen LogP contribution in [0.5, 0.6) is 5.75 Å². The molecule has 0 amide bonds. The standard InChI is InChI=1S/C17H19NO2/c1-12-4-9-16(18-2)15(10-12)17(19)11-13-5-7-14(20-3)8-6-13/h4-10,18H,11H2,1-3H3. The van der Waals surface area contributed by atoms with Crippen molar-refractivity contribution in [3.8, 4) is 5.75 Å². The number of methoxy groups -OCH3 is 1. The fourth-order valence-corrected chi connectivity index (χ4v) is 2.13. The lowest BCUT2D eigenvalue weighted by molar-refractivity contribution is 0.0993. The van der Waals surface area contributed by atoms with Gasteiger partial charge in [0.25, 0.3) is 0 Å². The van der Waals surface area contributed by atoms with E-state index in [4.69, 9.17) is 4.74 Å². The zero-order valence-electron chi connectivity index (χ0n) is 12.1. The van der Waals surface area contributed by atoms with Gasteiger partial charge in [-0.3, -0.25) is 4.79 Å². The molecule has 0 saturated carbocycles. The van der Waals surface area contributed by atoms with Gasteiger partial charge in [0, 0.05) is 24.7 Å². The molecule has 2 aromatic carbocycles. The average Bonchev–Trinajstić information content (AvgIpc) is 2.48. The molecule has 0 spiro atoms. The Hall–Kier alpha value is -2.29. The molecule has 20 heavy (non-hydrogen) atoms. The molecule has 0 aliphatic rings. The molecule has 3 heteroatoms. The molecule has 3 nitrogen and oxygen atoms in total. The highest BCUT2D eigenvalue weighted by molar-refractivity contribution is 6.02. The van der Waals surface area contributed by atoms with Gasteiger partial charge in [-0.2, -0.15) is 0 Å². The third-order valence-electron chi connectivity index (χ3n) is 3.27. The van der Waals surface area contributed by atoms with Gasteiger partial charge >= 0.3 is 0 Å². The minimum atomic E-state index is 0.114. The quantitative estimate of drug-likeness (QED) is 0.845. The van der Waals surface area contributed by atoms with Gasteiger partial charge in [-0.25, -0.2) is 0 Å². The molecule has 0 aliphatic carbocycles. The van der Waals surface area contributed by atoms with E-state index in [9.17, 15) is 4.79 Å². The smallest absolute Gasteiger partial charge is 0.169 e. The lowest BCUT2D eigenvalue weighted by Gasteiger charge is -2.09. The van der Waals surface area contributed by atoms with Crippen LogP contribution in [0.15, 0.2) is 42.5 Å². The Morgan fingerprint density at radius 3 is 2.45 bits per heavy atom. The van der Waals surface area contributed by atoms with E-state index in [0.29, 0.717) is 6.42 Å². The molecule has 2 rings (SSSR count). The fourth-order valence-electron chi connectivity index (χ4n) is 2.13. The predicted octanol–water partition coefficient (Wildman–Crippen LogP) is 3.47. The molecule has 0 saturated heterocycles. The largest absolute Gasteiger partial charge is 0.497 e. The number of hydrogen-bond acceptors (Lipinski definition) is 3. The Labute approximate surface area is 119 Å². The molecule has 1 N–H and O–H groups in total. The van der Waals surface area contributed by atoms with Crippen LogP contribution in [0.2, 0.25) is 0 Å². The monoisotopic (exact) mass is 269 g/mol. The number of hydrogen-bond donors (Lipinski definition) is 1. The van der Waals surface area contributed by atoms with Crippen molar-refractivity contribution in [2.45, 2.75) is 13.3 Å². The number of rotatable bonds is 5. The zero-order valence-corrected chi connectivity index (χ0v) is 12.1. The first kappa shape index (κ1) is 14.1. The molecule has 0 aliphatic heterocycles. The summed E-state index contributed by atoms with van der Waals surface area (Å²) in [7, 11) is 3.46. The molecule has 2 aromatic rings. The Kier molecular flexibility index (Phi) is 4.41. The van der Waals surface area contributed by atoms with Gasteiger partial charge in [0.1, 0.15) is 5.75 Å². The SMILES string of the molecule is CNc1ccc(C)cc1C(=O)Cc1ccc(OC)cc1.